The van der Waals surface area contributed by atoms with Crippen LogP contribution in [0.2, 0.25) is 0 Å². The van der Waals surface area contributed by atoms with Crippen LogP contribution in [0, 0.1) is 12.8 Å². The van der Waals surface area contributed by atoms with Crippen molar-refractivity contribution in [3.05, 3.63) is 23.8 Å². The lowest BCUT2D eigenvalue weighted by Crippen LogP contribution is -2.44. The molecule has 0 unspecified atom stereocenters. The molecule has 9 nitrogen and oxygen atoms in total. The first-order chi connectivity index (χ1) is 13.6. The molecule has 10 heteroatoms. The van der Waals surface area contributed by atoms with Crippen LogP contribution in [0.25, 0.3) is 11.0 Å². The molecule has 0 aliphatic carbocycles. The average molecular weight is 425 g/mol. The van der Waals surface area contributed by atoms with Gasteiger partial charge in [0.1, 0.15) is 17.4 Å². The van der Waals surface area contributed by atoms with Gasteiger partial charge >= 0.3 is 11.9 Å². The molecule has 2 heterocycles. The molecule has 1 atom stereocenters. The van der Waals surface area contributed by atoms with Crippen LogP contribution in [-0.4, -0.2) is 47.1 Å². The number of carbonyl (C=O) groups excluding carboxylic acids is 2. The summed E-state index contributed by atoms with van der Waals surface area (Å²) in [6, 6.07) is 0.725. The maximum Gasteiger partial charge on any atom is 0.331 e. The Labute approximate surface area is 170 Å². The van der Waals surface area contributed by atoms with Crippen molar-refractivity contribution in [1.29, 1.82) is 0 Å². The van der Waals surface area contributed by atoms with E-state index in [1.807, 2.05) is 26.8 Å². The van der Waals surface area contributed by atoms with Gasteiger partial charge in [-0.2, -0.15) is 0 Å². The monoisotopic (exact) mass is 424 g/mol. The van der Waals surface area contributed by atoms with E-state index in [4.69, 9.17) is 4.74 Å². The van der Waals surface area contributed by atoms with Crippen LogP contribution in [0.3, 0.4) is 0 Å². The molecule has 0 saturated carbocycles. The number of imidazole rings is 1. The number of pyridine rings is 1. The third kappa shape index (κ3) is 6.90. The van der Waals surface area contributed by atoms with Gasteiger partial charge in [-0.25, -0.2) is 22.9 Å². The summed E-state index contributed by atoms with van der Waals surface area (Å²) in [5.41, 5.74) is 2.30. The minimum atomic E-state index is -3.75. The molecule has 0 amide bonds. The predicted octanol–water partition coefficient (Wildman–Crippen LogP) is 2.01. The quantitative estimate of drug-likeness (QED) is 0.440. The van der Waals surface area contributed by atoms with Crippen LogP contribution in [-0.2, 0) is 30.8 Å². The first kappa shape index (κ1) is 23.0. The van der Waals surface area contributed by atoms with Crippen LogP contribution in [0.15, 0.2) is 12.3 Å². The number of hydrogen-bond acceptors (Lipinski definition) is 7. The molecule has 0 fully saturated rings. The number of H-pyrrole nitrogens is 1. The summed E-state index contributed by atoms with van der Waals surface area (Å²) in [7, 11) is -3.75. The number of fused-ring (bicyclic) bond motifs is 1. The average Bonchev–Trinajstić information content (AvgIpc) is 3.01. The van der Waals surface area contributed by atoms with Crippen molar-refractivity contribution >= 4 is 33.0 Å². The van der Waals surface area contributed by atoms with Gasteiger partial charge in [-0.1, -0.05) is 20.8 Å². The van der Waals surface area contributed by atoms with Gasteiger partial charge in [0.2, 0.25) is 10.0 Å². The standard InChI is InChI=1S/C19H28N4O5S/c1-5-17(24)28-19(25)16(11-12(2)3)23-29(26,27)10-6-7-14-18-15(8-9-20-14)21-13(4)22-18/h8-9,12,16,23H,5-7,10-11H2,1-4H3,(H,21,22)/t16-/m0/s1. The number of sulfonamides is 1. The Morgan fingerprint density at radius 1 is 1.31 bits per heavy atom. The van der Waals surface area contributed by atoms with E-state index >= 15 is 0 Å². The Kier molecular flexibility index (Phi) is 7.86. The summed E-state index contributed by atoms with van der Waals surface area (Å²) >= 11 is 0. The second kappa shape index (κ2) is 9.93. The van der Waals surface area contributed by atoms with E-state index in [-0.39, 0.29) is 24.5 Å². The molecule has 0 saturated heterocycles. The molecule has 2 aromatic rings. The lowest BCUT2D eigenvalue weighted by molar-refractivity contribution is -0.160. The molecule has 0 bridgehead atoms. The number of aromatic nitrogens is 3. The zero-order valence-corrected chi connectivity index (χ0v) is 18.0. The molecular weight excluding hydrogens is 396 g/mol. The molecule has 160 valence electrons. The van der Waals surface area contributed by atoms with E-state index < -0.39 is 28.0 Å². The number of rotatable bonds is 10. The Morgan fingerprint density at radius 3 is 2.69 bits per heavy atom. The lowest BCUT2D eigenvalue weighted by atomic mass is 10.1. The molecule has 2 rings (SSSR count). The predicted molar refractivity (Wildman–Crippen MR) is 109 cm³/mol. The molecule has 2 N–H and O–H groups in total. The van der Waals surface area contributed by atoms with Crippen LogP contribution in [0.4, 0.5) is 0 Å². The topological polar surface area (TPSA) is 131 Å². The van der Waals surface area contributed by atoms with Gasteiger partial charge in [0.15, 0.2) is 0 Å². The largest absolute Gasteiger partial charge is 0.392 e. The van der Waals surface area contributed by atoms with E-state index in [2.05, 4.69) is 19.7 Å². The summed E-state index contributed by atoms with van der Waals surface area (Å²) in [6.07, 6.45) is 2.67. The second-order valence-electron chi connectivity index (χ2n) is 7.35. The summed E-state index contributed by atoms with van der Waals surface area (Å²) < 4.78 is 32.1. The van der Waals surface area contributed by atoms with E-state index in [0.717, 1.165) is 16.9 Å². The molecule has 0 aliphatic heterocycles. The zero-order valence-electron chi connectivity index (χ0n) is 17.2. The van der Waals surface area contributed by atoms with Crippen molar-refractivity contribution in [3.63, 3.8) is 0 Å². The summed E-state index contributed by atoms with van der Waals surface area (Å²) in [5.74, 6) is -0.932. The molecule has 0 aromatic carbocycles. The van der Waals surface area contributed by atoms with E-state index in [1.165, 1.54) is 0 Å². The van der Waals surface area contributed by atoms with Crippen molar-refractivity contribution in [1.82, 2.24) is 19.7 Å². The summed E-state index contributed by atoms with van der Waals surface area (Å²) in [4.78, 5) is 35.4. The highest BCUT2D eigenvalue weighted by Crippen LogP contribution is 2.16. The van der Waals surface area contributed by atoms with Crippen molar-refractivity contribution < 1.29 is 22.7 Å². The number of esters is 2. The van der Waals surface area contributed by atoms with Gasteiger partial charge in [-0.05, 0) is 38.2 Å². The minimum absolute atomic E-state index is 0.0386. The highest BCUT2D eigenvalue weighted by atomic mass is 32.2. The number of carbonyl (C=O) groups is 2. The Hall–Kier alpha value is -2.33. The van der Waals surface area contributed by atoms with Crippen LogP contribution in [0.5, 0.6) is 0 Å². The first-order valence-electron chi connectivity index (χ1n) is 9.66. The highest BCUT2D eigenvalue weighted by molar-refractivity contribution is 7.89. The maximum absolute atomic E-state index is 12.5. The van der Waals surface area contributed by atoms with Gasteiger partial charge in [-0.3, -0.25) is 9.78 Å². The number of ether oxygens (including phenoxy) is 1. The molecule has 2 aromatic heterocycles. The third-order valence-electron chi connectivity index (χ3n) is 4.24. The number of nitrogens with one attached hydrogen (secondary N) is 2. The number of nitrogens with zero attached hydrogens (tertiary/aromatic N) is 2. The molecular formula is C19H28N4O5S. The van der Waals surface area contributed by atoms with Crippen LogP contribution in [0.1, 0.15) is 51.6 Å². The fourth-order valence-electron chi connectivity index (χ4n) is 2.92. The third-order valence-corrected chi connectivity index (χ3v) is 5.71. The Balaban J connectivity index is 2.00. The fourth-order valence-corrected chi connectivity index (χ4v) is 4.19. The van der Waals surface area contributed by atoms with Crippen molar-refractivity contribution in [2.75, 3.05) is 5.75 Å². The molecule has 0 aliphatic rings. The van der Waals surface area contributed by atoms with Crippen LogP contribution >= 0.6 is 0 Å². The van der Waals surface area contributed by atoms with E-state index in [1.54, 1.807) is 13.1 Å². The van der Waals surface area contributed by atoms with Gasteiger partial charge in [0.05, 0.1) is 17.0 Å². The van der Waals surface area contributed by atoms with Gasteiger partial charge in [0.25, 0.3) is 0 Å². The number of hydrogen-bond donors (Lipinski definition) is 2. The Morgan fingerprint density at radius 2 is 2.03 bits per heavy atom. The van der Waals surface area contributed by atoms with E-state index in [0.29, 0.717) is 18.5 Å². The van der Waals surface area contributed by atoms with Crippen LogP contribution < -0.4 is 4.72 Å². The minimum Gasteiger partial charge on any atom is -0.392 e. The molecule has 0 spiro atoms. The zero-order chi connectivity index (χ0) is 21.6. The van der Waals surface area contributed by atoms with Gasteiger partial charge in [0, 0.05) is 12.6 Å². The highest BCUT2D eigenvalue weighted by Gasteiger charge is 2.28. The Bertz CT molecular complexity index is 968. The van der Waals surface area contributed by atoms with Crippen molar-refractivity contribution in [2.45, 2.75) is 59.4 Å². The maximum atomic E-state index is 12.5. The van der Waals surface area contributed by atoms with Gasteiger partial charge in [-0.15, -0.1) is 0 Å². The smallest absolute Gasteiger partial charge is 0.331 e. The first-order valence-corrected chi connectivity index (χ1v) is 11.3. The number of aromatic amines is 1. The van der Waals surface area contributed by atoms with Crippen molar-refractivity contribution in [2.24, 2.45) is 5.92 Å². The lowest BCUT2D eigenvalue weighted by Gasteiger charge is -2.18. The summed E-state index contributed by atoms with van der Waals surface area (Å²) in [5, 5.41) is 0. The second-order valence-corrected chi connectivity index (χ2v) is 9.22. The fraction of sp³-hybridized carbons (Fsp3) is 0.579. The normalized spacial score (nSPS) is 13.0. The molecule has 0 radical (unpaired) electrons. The summed E-state index contributed by atoms with van der Waals surface area (Å²) in [6.45, 7) is 7.12. The van der Waals surface area contributed by atoms with E-state index in [9.17, 15) is 18.0 Å². The van der Waals surface area contributed by atoms with Crippen molar-refractivity contribution in [3.8, 4) is 0 Å². The van der Waals surface area contributed by atoms with Gasteiger partial charge < -0.3 is 9.72 Å². The number of aryl methyl sites for hydroxylation is 2. The molecule has 29 heavy (non-hydrogen) atoms. The SMILES string of the molecule is CCC(=O)OC(=O)[C@H](CC(C)C)NS(=O)(=O)CCCc1nccc2[nH]c(C)nc12.